The fourth-order valence-corrected chi connectivity index (χ4v) is 2.24. The molecule has 0 aliphatic carbocycles. The molecule has 1 rings (SSSR count). The molecule has 0 bridgehead atoms. The summed E-state index contributed by atoms with van der Waals surface area (Å²) in [6.07, 6.45) is 0.494. The highest BCUT2D eigenvalue weighted by molar-refractivity contribution is 7.87. The van der Waals surface area contributed by atoms with Crippen molar-refractivity contribution in [3.63, 3.8) is 0 Å². The standard InChI is InChI=1S/C8H14O6S/c1-2-5-12-8(9)14-7-4-3-6-13-15(7,10)11/h7H,2-6H2,1H3. The number of carbonyl (C=O) groups excluding carboxylic acids is 1. The van der Waals surface area contributed by atoms with Crippen LogP contribution in [-0.4, -0.2) is 33.2 Å². The van der Waals surface area contributed by atoms with Gasteiger partial charge in [-0.2, -0.15) is 8.42 Å². The molecule has 0 radical (unpaired) electrons. The van der Waals surface area contributed by atoms with Crippen LogP contribution in [-0.2, 0) is 23.8 Å². The van der Waals surface area contributed by atoms with Crippen molar-refractivity contribution in [2.45, 2.75) is 31.6 Å². The molecule has 0 aromatic carbocycles. The van der Waals surface area contributed by atoms with E-state index in [1.807, 2.05) is 6.92 Å². The Bertz CT molecular complexity index is 309. The molecule has 0 amide bonds. The number of carbonyl (C=O) groups is 1. The Hall–Kier alpha value is -0.820. The molecule has 15 heavy (non-hydrogen) atoms. The zero-order chi connectivity index (χ0) is 11.3. The molecular weight excluding hydrogens is 224 g/mol. The second-order valence-corrected chi connectivity index (χ2v) is 4.85. The Morgan fingerprint density at radius 3 is 2.87 bits per heavy atom. The summed E-state index contributed by atoms with van der Waals surface area (Å²) in [4.78, 5) is 11.0. The van der Waals surface area contributed by atoms with Crippen molar-refractivity contribution in [2.75, 3.05) is 13.2 Å². The van der Waals surface area contributed by atoms with Gasteiger partial charge in [0.05, 0.1) is 13.2 Å². The van der Waals surface area contributed by atoms with Crippen LogP contribution in [0.5, 0.6) is 0 Å². The maximum atomic E-state index is 11.2. The maximum absolute atomic E-state index is 11.2. The molecule has 1 aliphatic rings. The van der Waals surface area contributed by atoms with E-state index >= 15 is 0 Å². The van der Waals surface area contributed by atoms with Gasteiger partial charge in [0.1, 0.15) is 0 Å². The lowest BCUT2D eigenvalue weighted by Crippen LogP contribution is -2.33. The minimum Gasteiger partial charge on any atom is -0.434 e. The number of rotatable bonds is 3. The fourth-order valence-electron chi connectivity index (χ4n) is 1.09. The Kier molecular flexibility index (Phi) is 4.34. The van der Waals surface area contributed by atoms with Crippen LogP contribution < -0.4 is 0 Å². The topological polar surface area (TPSA) is 78.9 Å². The van der Waals surface area contributed by atoms with Crippen molar-refractivity contribution in [3.8, 4) is 0 Å². The lowest BCUT2D eigenvalue weighted by molar-refractivity contribution is 0.0336. The van der Waals surface area contributed by atoms with Gasteiger partial charge in [-0.05, 0) is 12.8 Å². The van der Waals surface area contributed by atoms with Crippen LogP contribution in [0.2, 0.25) is 0 Å². The second-order valence-electron chi connectivity index (χ2n) is 3.10. The van der Waals surface area contributed by atoms with Gasteiger partial charge in [0.2, 0.25) is 5.44 Å². The lowest BCUT2D eigenvalue weighted by Gasteiger charge is -2.21. The van der Waals surface area contributed by atoms with Crippen LogP contribution in [0.4, 0.5) is 4.79 Å². The molecule has 0 aromatic heterocycles. The van der Waals surface area contributed by atoms with E-state index in [9.17, 15) is 13.2 Å². The summed E-state index contributed by atoms with van der Waals surface area (Å²) in [5.74, 6) is 0. The minimum atomic E-state index is -3.77. The summed E-state index contributed by atoms with van der Waals surface area (Å²) in [6, 6.07) is 0. The molecule has 1 aliphatic heterocycles. The molecular formula is C8H14O6S. The van der Waals surface area contributed by atoms with E-state index in [2.05, 4.69) is 13.7 Å². The predicted molar refractivity (Wildman–Crippen MR) is 50.6 cm³/mol. The average molecular weight is 238 g/mol. The van der Waals surface area contributed by atoms with E-state index in [0.717, 1.165) is 0 Å². The van der Waals surface area contributed by atoms with E-state index in [0.29, 0.717) is 12.8 Å². The molecule has 88 valence electrons. The Labute approximate surface area is 88.6 Å². The highest BCUT2D eigenvalue weighted by atomic mass is 32.2. The van der Waals surface area contributed by atoms with Crippen molar-refractivity contribution in [2.24, 2.45) is 0 Å². The first kappa shape index (κ1) is 12.3. The normalized spacial score (nSPS) is 24.5. The molecule has 0 N–H and O–H groups in total. The van der Waals surface area contributed by atoms with Crippen molar-refractivity contribution in [1.29, 1.82) is 0 Å². The zero-order valence-corrected chi connectivity index (χ0v) is 9.29. The van der Waals surface area contributed by atoms with Gasteiger partial charge in [0, 0.05) is 6.42 Å². The van der Waals surface area contributed by atoms with Crippen LogP contribution in [0.15, 0.2) is 0 Å². The van der Waals surface area contributed by atoms with Gasteiger partial charge in [0.25, 0.3) is 0 Å². The monoisotopic (exact) mass is 238 g/mol. The SMILES string of the molecule is CCCOC(=O)OC1CCCOS1(=O)=O. The molecule has 0 aromatic rings. The third-order valence-electron chi connectivity index (χ3n) is 1.81. The van der Waals surface area contributed by atoms with Gasteiger partial charge in [0.15, 0.2) is 0 Å². The average Bonchev–Trinajstić information content (AvgIpc) is 2.18. The largest absolute Gasteiger partial charge is 0.509 e. The molecule has 0 spiro atoms. The van der Waals surface area contributed by atoms with Crippen molar-refractivity contribution < 1.29 is 26.9 Å². The van der Waals surface area contributed by atoms with Crippen LogP contribution in [0, 0.1) is 0 Å². The summed E-state index contributed by atoms with van der Waals surface area (Å²) in [5.41, 5.74) is -1.23. The molecule has 6 nitrogen and oxygen atoms in total. The zero-order valence-electron chi connectivity index (χ0n) is 8.47. The maximum Gasteiger partial charge on any atom is 0.509 e. The first-order chi connectivity index (χ1) is 7.06. The van der Waals surface area contributed by atoms with Gasteiger partial charge in [-0.3, -0.25) is 4.18 Å². The molecule has 1 saturated heterocycles. The van der Waals surface area contributed by atoms with E-state index in [1.165, 1.54) is 0 Å². The van der Waals surface area contributed by atoms with E-state index in [-0.39, 0.29) is 19.6 Å². The van der Waals surface area contributed by atoms with Crippen LogP contribution in [0.1, 0.15) is 26.2 Å². The van der Waals surface area contributed by atoms with Gasteiger partial charge in [-0.25, -0.2) is 4.79 Å². The number of ether oxygens (including phenoxy) is 2. The Balaban J connectivity index is 2.46. The van der Waals surface area contributed by atoms with Gasteiger partial charge in [-0.15, -0.1) is 0 Å². The van der Waals surface area contributed by atoms with Crippen molar-refractivity contribution in [3.05, 3.63) is 0 Å². The lowest BCUT2D eigenvalue weighted by atomic mass is 10.3. The van der Waals surface area contributed by atoms with E-state index < -0.39 is 21.7 Å². The second kappa shape index (κ2) is 5.32. The van der Waals surface area contributed by atoms with E-state index in [4.69, 9.17) is 0 Å². The molecule has 0 saturated carbocycles. The Morgan fingerprint density at radius 1 is 1.53 bits per heavy atom. The van der Waals surface area contributed by atoms with Crippen molar-refractivity contribution >= 4 is 16.3 Å². The first-order valence-electron chi connectivity index (χ1n) is 4.78. The predicted octanol–water partition coefficient (Wildman–Crippen LogP) is 1.02. The summed E-state index contributed by atoms with van der Waals surface area (Å²) in [6.45, 7) is 2.19. The minimum absolute atomic E-state index is 0.145. The summed E-state index contributed by atoms with van der Waals surface area (Å²) in [5, 5.41) is 0. The van der Waals surface area contributed by atoms with Gasteiger partial charge < -0.3 is 9.47 Å². The Morgan fingerprint density at radius 2 is 2.27 bits per heavy atom. The summed E-state index contributed by atoms with van der Waals surface area (Å²) < 4.78 is 36.2. The molecule has 1 unspecified atom stereocenters. The van der Waals surface area contributed by atoms with E-state index in [1.54, 1.807) is 0 Å². The number of hydrogen-bond acceptors (Lipinski definition) is 6. The smallest absolute Gasteiger partial charge is 0.434 e. The fraction of sp³-hybridized carbons (Fsp3) is 0.875. The summed E-state index contributed by atoms with van der Waals surface area (Å²) >= 11 is 0. The molecule has 1 atom stereocenters. The first-order valence-corrected chi connectivity index (χ1v) is 6.25. The van der Waals surface area contributed by atoms with Gasteiger partial charge >= 0.3 is 16.3 Å². The summed E-state index contributed by atoms with van der Waals surface area (Å²) in [7, 11) is -3.77. The molecule has 7 heteroatoms. The van der Waals surface area contributed by atoms with Crippen molar-refractivity contribution in [1.82, 2.24) is 0 Å². The third kappa shape index (κ3) is 3.67. The quantitative estimate of drug-likeness (QED) is 0.539. The number of hydrogen-bond donors (Lipinski definition) is 0. The highest BCUT2D eigenvalue weighted by Crippen LogP contribution is 2.19. The highest BCUT2D eigenvalue weighted by Gasteiger charge is 2.33. The molecule has 1 heterocycles. The van der Waals surface area contributed by atoms with Crippen LogP contribution >= 0.6 is 0 Å². The van der Waals surface area contributed by atoms with Crippen LogP contribution in [0.25, 0.3) is 0 Å². The molecule has 1 fully saturated rings. The third-order valence-corrected chi connectivity index (χ3v) is 3.28. The van der Waals surface area contributed by atoms with Crippen LogP contribution in [0.3, 0.4) is 0 Å². The van der Waals surface area contributed by atoms with Gasteiger partial charge in [-0.1, -0.05) is 6.92 Å².